The zero-order valence-electron chi connectivity index (χ0n) is 39.8. The Morgan fingerprint density at radius 2 is 0.860 bits per heavy atom. The molecule has 3 unspecified atom stereocenters. The number of unbranched alkanes of at least 4 members (excludes halogenated alkanes) is 24. The number of nitrogens with zero attached hydrogens (tertiary/aromatic N) is 2. The lowest BCUT2D eigenvalue weighted by atomic mass is 9.95. The van der Waals surface area contributed by atoms with Gasteiger partial charge < -0.3 is 14.1 Å². The summed E-state index contributed by atoms with van der Waals surface area (Å²) in [6.45, 7) is 11.3. The molecule has 57 heavy (non-hydrogen) atoms. The number of carbonyl (C=O) groups is 2. The van der Waals surface area contributed by atoms with E-state index in [0.29, 0.717) is 37.3 Å². The van der Waals surface area contributed by atoms with Crippen LogP contribution in [-0.4, -0.2) is 74.3 Å². The number of rotatable bonds is 44. The van der Waals surface area contributed by atoms with Crippen LogP contribution in [0, 0.1) is 5.92 Å². The number of hydrogen-bond donors (Lipinski definition) is 0. The van der Waals surface area contributed by atoms with E-state index in [1.54, 1.807) is 0 Å². The van der Waals surface area contributed by atoms with Crippen LogP contribution in [0.3, 0.4) is 0 Å². The van der Waals surface area contributed by atoms with Crippen LogP contribution in [0.15, 0.2) is 0 Å². The van der Waals surface area contributed by atoms with Gasteiger partial charge in [-0.15, -0.1) is 0 Å². The highest BCUT2D eigenvalue weighted by atomic mass is 19.1. The minimum absolute atomic E-state index is 0.258. The predicted octanol–water partition coefficient (Wildman–Crippen LogP) is 15.5. The van der Waals surface area contributed by atoms with Crippen molar-refractivity contribution >= 4 is 11.9 Å². The van der Waals surface area contributed by atoms with Gasteiger partial charge in [0.2, 0.25) is 5.91 Å². The van der Waals surface area contributed by atoms with Crippen LogP contribution in [0.2, 0.25) is 0 Å². The Bertz CT molecular complexity index is 877. The van der Waals surface area contributed by atoms with Gasteiger partial charge in [0.05, 0.1) is 34.3 Å². The van der Waals surface area contributed by atoms with E-state index in [2.05, 4.69) is 53.7 Å². The number of esters is 1. The summed E-state index contributed by atoms with van der Waals surface area (Å²) in [6, 6.07) is 0.303. The summed E-state index contributed by atoms with van der Waals surface area (Å²) < 4.78 is 21.5. The molecule has 0 aliphatic carbocycles. The molecule has 0 aliphatic heterocycles. The van der Waals surface area contributed by atoms with Gasteiger partial charge in [0.15, 0.2) is 6.17 Å². The first kappa shape index (κ1) is 55.8. The Morgan fingerprint density at radius 1 is 0.491 bits per heavy atom. The fourth-order valence-corrected chi connectivity index (χ4v) is 8.42. The van der Waals surface area contributed by atoms with Gasteiger partial charge in [-0.25, -0.2) is 9.18 Å². The summed E-state index contributed by atoms with van der Waals surface area (Å²) in [5, 5.41) is 0. The van der Waals surface area contributed by atoms with Crippen molar-refractivity contribution in [3.05, 3.63) is 0 Å². The van der Waals surface area contributed by atoms with Gasteiger partial charge in [-0.1, -0.05) is 201 Å². The summed E-state index contributed by atoms with van der Waals surface area (Å²) in [4.78, 5) is 28.9. The van der Waals surface area contributed by atoms with Gasteiger partial charge in [-0.05, 0) is 50.9 Å². The van der Waals surface area contributed by atoms with Crippen LogP contribution < -0.4 is 0 Å². The molecule has 0 bridgehead atoms. The molecule has 0 heterocycles. The zero-order chi connectivity index (χ0) is 42.2. The molecule has 0 radical (unpaired) electrons. The van der Waals surface area contributed by atoms with Crippen molar-refractivity contribution in [2.75, 3.05) is 40.8 Å². The lowest BCUT2D eigenvalue weighted by molar-refractivity contribution is -0.870. The van der Waals surface area contributed by atoms with Crippen molar-refractivity contribution in [2.24, 2.45) is 5.92 Å². The smallest absolute Gasteiger partial charge is 0.340 e. The van der Waals surface area contributed by atoms with Gasteiger partial charge in [-0.2, -0.15) is 0 Å². The van der Waals surface area contributed by atoms with Gasteiger partial charge in [0.1, 0.15) is 0 Å². The van der Waals surface area contributed by atoms with Crippen LogP contribution in [0.25, 0.3) is 0 Å². The SMILES string of the molecule is CCCCCCCCCCN(C(=O)CCC[N+](C)(C)C)C(CCCCCCCCC)CCCCCCC(F)C(=O)OCC(CCCCCC)CCCCCCCC. The van der Waals surface area contributed by atoms with E-state index in [1.807, 2.05) is 0 Å². The first-order valence-electron chi connectivity index (χ1n) is 25.5. The highest BCUT2D eigenvalue weighted by molar-refractivity contribution is 5.76. The van der Waals surface area contributed by atoms with E-state index in [9.17, 15) is 9.59 Å². The summed E-state index contributed by atoms with van der Waals surface area (Å²) in [5.41, 5.74) is 0. The second-order valence-corrected chi connectivity index (χ2v) is 19.1. The lowest BCUT2D eigenvalue weighted by Crippen LogP contribution is -2.42. The molecule has 6 heteroatoms. The Labute approximate surface area is 356 Å². The average molecular weight is 810 g/mol. The van der Waals surface area contributed by atoms with E-state index in [-0.39, 0.29) is 6.42 Å². The Hall–Kier alpha value is -1.17. The summed E-state index contributed by atoms with van der Waals surface area (Å²) in [6.07, 6.45) is 40.1. The topological polar surface area (TPSA) is 46.6 Å². The van der Waals surface area contributed by atoms with Crippen LogP contribution >= 0.6 is 0 Å². The Morgan fingerprint density at radius 3 is 1.30 bits per heavy atom. The molecule has 0 spiro atoms. The number of quaternary nitrogens is 1. The van der Waals surface area contributed by atoms with Gasteiger partial charge >= 0.3 is 5.97 Å². The Balaban J connectivity index is 5.11. The van der Waals surface area contributed by atoms with Crippen molar-refractivity contribution in [2.45, 2.75) is 271 Å². The minimum Gasteiger partial charge on any atom is -0.463 e. The van der Waals surface area contributed by atoms with Crippen molar-refractivity contribution in [3.8, 4) is 0 Å². The maximum Gasteiger partial charge on any atom is 0.340 e. The molecule has 340 valence electrons. The molecule has 0 aliphatic rings. The third kappa shape index (κ3) is 36.4. The highest BCUT2D eigenvalue weighted by Gasteiger charge is 2.24. The second kappa shape index (κ2) is 40.2. The van der Waals surface area contributed by atoms with Crippen molar-refractivity contribution < 1.29 is 23.2 Å². The van der Waals surface area contributed by atoms with E-state index < -0.39 is 12.1 Å². The van der Waals surface area contributed by atoms with Crippen LogP contribution in [0.1, 0.15) is 259 Å². The molecule has 0 saturated heterocycles. The molecule has 0 aromatic carbocycles. The third-order valence-electron chi connectivity index (χ3n) is 12.3. The molecule has 0 aromatic rings. The molecule has 0 saturated carbocycles. The molecule has 3 atom stereocenters. The van der Waals surface area contributed by atoms with Crippen LogP contribution in [0.4, 0.5) is 4.39 Å². The quantitative estimate of drug-likeness (QED) is 0.0350. The normalized spacial score (nSPS) is 13.5. The standard InChI is InChI=1S/C51H102FN2O3/c1-8-12-16-20-23-25-30-36-44-53(50(55)43-37-45-54(5,6)7)48(40-33-27-24-21-17-13-9-2)41-34-28-29-35-42-49(52)51(56)57-46-47(38-31-19-15-11-4)39-32-26-22-18-14-10-3/h47-49H,8-46H2,1-7H3/q+1. The fourth-order valence-electron chi connectivity index (χ4n) is 8.42. The summed E-state index contributed by atoms with van der Waals surface area (Å²) in [7, 11) is 6.64. The van der Waals surface area contributed by atoms with Crippen molar-refractivity contribution in [1.29, 1.82) is 0 Å². The molecule has 0 aromatic heterocycles. The van der Waals surface area contributed by atoms with E-state index in [4.69, 9.17) is 4.74 Å². The summed E-state index contributed by atoms with van der Waals surface area (Å²) in [5.74, 6) is 0.0674. The lowest BCUT2D eigenvalue weighted by Gasteiger charge is -2.33. The van der Waals surface area contributed by atoms with Crippen LogP contribution in [0.5, 0.6) is 0 Å². The minimum atomic E-state index is -1.52. The van der Waals surface area contributed by atoms with E-state index >= 15 is 4.39 Å². The largest absolute Gasteiger partial charge is 0.463 e. The van der Waals surface area contributed by atoms with Gasteiger partial charge in [0, 0.05) is 25.4 Å². The first-order valence-corrected chi connectivity index (χ1v) is 25.5. The summed E-state index contributed by atoms with van der Waals surface area (Å²) >= 11 is 0. The average Bonchev–Trinajstić information content (AvgIpc) is 3.18. The van der Waals surface area contributed by atoms with Crippen molar-refractivity contribution in [1.82, 2.24) is 4.90 Å². The zero-order valence-corrected chi connectivity index (χ0v) is 39.8. The number of amides is 1. The number of hydrogen-bond acceptors (Lipinski definition) is 3. The molecule has 5 nitrogen and oxygen atoms in total. The molecule has 0 fully saturated rings. The monoisotopic (exact) mass is 810 g/mol. The third-order valence-corrected chi connectivity index (χ3v) is 12.3. The van der Waals surface area contributed by atoms with Crippen LogP contribution in [-0.2, 0) is 14.3 Å². The first-order chi connectivity index (χ1) is 27.6. The van der Waals surface area contributed by atoms with Gasteiger partial charge in [0.25, 0.3) is 0 Å². The number of halogens is 1. The van der Waals surface area contributed by atoms with E-state index in [0.717, 1.165) is 75.4 Å². The molecule has 0 rings (SSSR count). The second-order valence-electron chi connectivity index (χ2n) is 19.1. The fraction of sp³-hybridized carbons (Fsp3) is 0.961. The highest BCUT2D eigenvalue weighted by Crippen LogP contribution is 2.23. The van der Waals surface area contributed by atoms with Gasteiger partial charge in [-0.3, -0.25) is 4.79 Å². The number of ether oxygens (including phenoxy) is 1. The maximum absolute atomic E-state index is 15.0. The Kier molecular flexibility index (Phi) is 39.4. The maximum atomic E-state index is 15.0. The molecule has 0 N–H and O–H groups in total. The number of carbonyl (C=O) groups excluding carboxylic acids is 2. The predicted molar refractivity (Wildman–Crippen MR) is 247 cm³/mol. The van der Waals surface area contributed by atoms with Crippen molar-refractivity contribution in [3.63, 3.8) is 0 Å². The molecular weight excluding hydrogens is 708 g/mol. The molecular formula is C51H102FN2O3+. The van der Waals surface area contributed by atoms with E-state index in [1.165, 1.54) is 154 Å². The number of alkyl halides is 1. The molecule has 1 amide bonds.